The molecule has 94 valence electrons. The fraction of sp³-hybridized carbons (Fsp3) is 0.643. The van der Waals surface area contributed by atoms with Crippen molar-refractivity contribution in [1.82, 2.24) is 4.98 Å². The van der Waals surface area contributed by atoms with Crippen molar-refractivity contribution in [3.63, 3.8) is 0 Å². The second-order valence-corrected chi connectivity index (χ2v) is 5.62. The Morgan fingerprint density at radius 3 is 2.94 bits per heavy atom. The second kappa shape index (κ2) is 4.65. The molecule has 3 heteroatoms. The Morgan fingerprint density at radius 1 is 1.47 bits per heavy atom. The highest BCUT2D eigenvalue weighted by molar-refractivity contribution is 5.39. The summed E-state index contributed by atoms with van der Waals surface area (Å²) in [5.41, 5.74) is 6.21. The van der Waals surface area contributed by atoms with E-state index in [0.717, 1.165) is 18.4 Å². The zero-order chi connectivity index (χ0) is 12.5. The number of anilines is 1. The Hall–Kier alpha value is -1.09. The number of aliphatic hydroxyl groups is 1. The Bertz CT molecular complexity index is 394. The average molecular weight is 234 g/mol. The van der Waals surface area contributed by atoms with Crippen LogP contribution in [0.2, 0.25) is 0 Å². The third kappa shape index (κ3) is 2.60. The van der Waals surface area contributed by atoms with Gasteiger partial charge in [-0.25, -0.2) is 4.98 Å². The van der Waals surface area contributed by atoms with Gasteiger partial charge < -0.3 is 10.8 Å². The van der Waals surface area contributed by atoms with E-state index in [1.54, 1.807) is 6.20 Å². The van der Waals surface area contributed by atoms with Crippen molar-refractivity contribution >= 4 is 5.82 Å². The molecule has 0 bridgehead atoms. The number of hydrogen-bond acceptors (Lipinski definition) is 3. The molecule has 1 aromatic heterocycles. The van der Waals surface area contributed by atoms with Crippen LogP contribution in [0.3, 0.4) is 0 Å². The van der Waals surface area contributed by atoms with E-state index < -0.39 is 5.60 Å². The predicted octanol–water partition coefficient (Wildman–Crippen LogP) is 2.39. The lowest BCUT2D eigenvalue weighted by molar-refractivity contribution is -0.0559. The molecule has 0 saturated heterocycles. The van der Waals surface area contributed by atoms with Gasteiger partial charge in [-0.3, -0.25) is 0 Å². The first-order valence-electron chi connectivity index (χ1n) is 6.43. The van der Waals surface area contributed by atoms with Crippen molar-refractivity contribution in [2.24, 2.45) is 11.8 Å². The van der Waals surface area contributed by atoms with E-state index in [2.05, 4.69) is 18.8 Å². The summed E-state index contributed by atoms with van der Waals surface area (Å²) in [6.45, 7) is 4.35. The highest BCUT2D eigenvalue weighted by atomic mass is 16.3. The second-order valence-electron chi connectivity index (χ2n) is 5.62. The molecule has 17 heavy (non-hydrogen) atoms. The minimum Gasteiger partial charge on any atom is -0.389 e. The molecule has 3 N–H and O–H groups in total. The molecule has 1 aliphatic rings. The zero-order valence-corrected chi connectivity index (χ0v) is 10.7. The third-order valence-electron chi connectivity index (χ3n) is 4.13. The maximum Gasteiger partial charge on any atom is 0.126 e. The van der Waals surface area contributed by atoms with Crippen molar-refractivity contribution in [1.29, 1.82) is 0 Å². The molecule has 0 amide bonds. The van der Waals surface area contributed by atoms with Crippen molar-refractivity contribution in [3.8, 4) is 0 Å². The highest BCUT2D eigenvalue weighted by Crippen LogP contribution is 2.39. The van der Waals surface area contributed by atoms with Gasteiger partial charge in [-0.2, -0.15) is 0 Å². The maximum atomic E-state index is 10.8. The summed E-state index contributed by atoms with van der Waals surface area (Å²) < 4.78 is 0. The lowest BCUT2D eigenvalue weighted by Crippen LogP contribution is -2.43. The minimum atomic E-state index is -0.616. The number of rotatable bonds is 2. The molecular formula is C14H22N2O. The molecule has 0 spiro atoms. The number of aromatic nitrogens is 1. The first-order chi connectivity index (χ1) is 8.01. The highest BCUT2D eigenvalue weighted by Gasteiger charge is 2.39. The van der Waals surface area contributed by atoms with E-state index in [0.29, 0.717) is 24.1 Å². The summed E-state index contributed by atoms with van der Waals surface area (Å²) in [7, 11) is 0. The average Bonchev–Trinajstić information content (AvgIpc) is 2.27. The summed E-state index contributed by atoms with van der Waals surface area (Å²) in [6, 6.07) is 3.85. The molecule has 1 saturated carbocycles. The number of nitrogen functional groups attached to an aromatic ring is 1. The van der Waals surface area contributed by atoms with Gasteiger partial charge in [-0.05, 0) is 36.3 Å². The van der Waals surface area contributed by atoms with E-state index >= 15 is 0 Å². The van der Waals surface area contributed by atoms with Crippen LogP contribution in [0.25, 0.3) is 0 Å². The molecule has 3 atom stereocenters. The number of pyridine rings is 1. The van der Waals surface area contributed by atoms with Crippen molar-refractivity contribution in [3.05, 3.63) is 23.9 Å². The first-order valence-corrected chi connectivity index (χ1v) is 6.43. The summed E-state index contributed by atoms with van der Waals surface area (Å²) in [5.74, 6) is 1.47. The Morgan fingerprint density at radius 2 is 2.24 bits per heavy atom. The van der Waals surface area contributed by atoms with Crippen LogP contribution < -0.4 is 5.73 Å². The standard InChI is InChI=1S/C14H22N2O/c1-10-5-6-11(2)14(17,8-10)9-12-4-3-7-16-13(12)15/h3-4,7,10-11,17H,5-6,8-9H2,1-2H3,(H2,15,16). The van der Waals surface area contributed by atoms with Crippen LogP contribution in [0, 0.1) is 11.8 Å². The van der Waals surface area contributed by atoms with Gasteiger partial charge in [0.2, 0.25) is 0 Å². The van der Waals surface area contributed by atoms with Gasteiger partial charge >= 0.3 is 0 Å². The van der Waals surface area contributed by atoms with Gasteiger partial charge in [-0.1, -0.05) is 26.3 Å². The van der Waals surface area contributed by atoms with Gasteiger partial charge in [0, 0.05) is 12.6 Å². The van der Waals surface area contributed by atoms with Gasteiger partial charge in [0.15, 0.2) is 0 Å². The van der Waals surface area contributed by atoms with Crippen LogP contribution in [-0.2, 0) is 6.42 Å². The lowest BCUT2D eigenvalue weighted by Gasteiger charge is -2.41. The number of nitrogens with two attached hydrogens (primary N) is 1. The third-order valence-corrected chi connectivity index (χ3v) is 4.13. The van der Waals surface area contributed by atoms with Crippen LogP contribution in [-0.4, -0.2) is 15.7 Å². The monoisotopic (exact) mass is 234 g/mol. The van der Waals surface area contributed by atoms with E-state index in [-0.39, 0.29) is 0 Å². The minimum absolute atomic E-state index is 0.332. The Balaban J connectivity index is 2.18. The van der Waals surface area contributed by atoms with Gasteiger partial charge in [0.1, 0.15) is 5.82 Å². The first kappa shape index (κ1) is 12.4. The van der Waals surface area contributed by atoms with E-state index in [4.69, 9.17) is 5.73 Å². The van der Waals surface area contributed by atoms with Crippen molar-refractivity contribution < 1.29 is 5.11 Å². The van der Waals surface area contributed by atoms with Gasteiger partial charge in [0.25, 0.3) is 0 Å². The summed E-state index contributed by atoms with van der Waals surface area (Å²) >= 11 is 0. The summed E-state index contributed by atoms with van der Waals surface area (Å²) in [4.78, 5) is 4.09. The maximum absolute atomic E-state index is 10.8. The SMILES string of the molecule is CC1CCC(C)C(O)(Cc2cccnc2N)C1. The molecule has 0 aromatic carbocycles. The van der Waals surface area contributed by atoms with Crippen LogP contribution in [0.15, 0.2) is 18.3 Å². The van der Waals surface area contributed by atoms with Crippen molar-refractivity contribution in [2.75, 3.05) is 5.73 Å². The van der Waals surface area contributed by atoms with Crippen LogP contribution in [0.5, 0.6) is 0 Å². The molecule has 2 rings (SSSR count). The van der Waals surface area contributed by atoms with Gasteiger partial charge in [0.05, 0.1) is 5.60 Å². The van der Waals surface area contributed by atoms with Crippen molar-refractivity contribution in [2.45, 2.75) is 45.1 Å². The topological polar surface area (TPSA) is 59.1 Å². The van der Waals surface area contributed by atoms with Gasteiger partial charge in [-0.15, -0.1) is 0 Å². The van der Waals surface area contributed by atoms with Crippen LogP contribution in [0.4, 0.5) is 5.82 Å². The largest absolute Gasteiger partial charge is 0.389 e. The quantitative estimate of drug-likeness (QED) is 0.826. The molecule has 3 unspecified atom stereocenters. The van der Waals surface area contributed by atoms with E-state index in [1.165, 1.54) is 6.42 Å². The molecular weight excluding hydrogens is 212 g/mol. The molecule has 1 fully saturated rings. The predicted molar refractivity (Wildman–Crippen MR) is 69.5 cm³/mol. The van der Waals surface area contributed by atoms with E-state index in [9.17, 15) is 5.11 Å². The van der Waals surface area contributed by atoms with E-state index in [1.807, 2.05) is 12.1 Å². The Labute approximate surface area is 103 Å². The molecule has 0 aliphatic heterocycles. The zero-order valence-electron chi connectivity index (χ0n) is 10.7. The molecule has 1 aromatic rings. The summed E-state index contributed by atoms with van der Waals surface area (Å²) in [6.07, 6.45) is 5.49. The fourth-order valence-corrected chi connectivity index (χ4v) is 2.89. The molecule has 0 radical (unpaired) electrons. The van der Waals surface area contributed by atoms with Crippen LogP contribution >= 0.6 is 0 Å². The number of hydrogen-bond donors (Lipinski definition) is 2. The molecule has 1 heterocycles. The fourth-order valence-electron chi connectivity index (χ4n) is 2.89. The normalized spacial score (nSPS) is 33.6. The number of nitrogens with zero attached hydrogens (tertiary/aromatic N) is 1. The molecule has 3 nitrogen and oxygen atoms in total. The van der Waals surface area contributed by atoms with Crippen LogP contribution in [0.1, 0.15) is 38.7 Å². The summed E-state index contributed by atoms with van der Waals surface area (Å²) in [5, 5.41) is 10.8. The Kier molecular flexibility index (Phi) is 3.38. The lowest BCUT2D eigenvalue weighted by atomic mass is 9.69. The molecule has 1 aliphatic carbocycles. The smallest absolute Gasteiger partial charge is 0.126 e.